The summed E-state index contributed by atoms with van der Waals surface area (Å²) in [5.41, 5.74) is 5.89. The van der Waals surface area contributed by atoms with Gasteiger partial charge in [0.15, 0.2) is 0 Å². The molecule has 2 rings (SSSR count). The molecule has 1 aliphatic rings. The lowest BCUT2D eigenvalue weighted by molar-refractivity contribution is 0.318. The number of nitrogens with zero attached hydrogens (tertiary/aromatic N) is 1. The van der Waals surface area contributed by atoms with E-state index in [1.165, 1.54) is 22.3 Å². The first-order valence-electron chi connectivity index (χ1n) is 4.54. The van der Waals surface area contributed by atoms with Crippen molar-refractivity contribution in [3.63, 3.8) is 0 Å². The van der Waals surface area contributed by atoms with Gasteiger partial charge in [0.05, 0.1) is 5.71 Å². The van der Waals surface area contributed by atoms with Crippen molar-refractivity contribution >= 4 is 5.71 Å². The Hall–Kier alpha value is -1.31. The van der Waals surface area contributed by atoms with Crippen LogP contribution in [0, 0.1) is 13.8 Å². The van der Waals surface area contributed by atoms with Crippen LogP contribution in [0.15, 0.2) is 17.3 Å². The van der Waals surface area contributed by atoms with E-state index in [4.69, 9.17) is 5.21 Å². The number of rotatable bonds is 0. The van der Waals surface area contributed by atoms with E-state index in [0.717, 1.165) is 18.6 Å². The lowest BCUT2D eigenvalue weighted by Gasteiger charge is -2.06. The second-order valence-electron chi connectivity index (χ2n) is 3.60. The van der Waals surface area contributed by atoms with Crippen LogP contribution in [0.3, 0.4) is 0 Å². The second-order valence-corrected chi connectivity index (χ2v) is 3.60. The molecule has 0 atom stereocenters. The molecule has 0 radical (unpaired) electrons. The van der Waals surface area contributed by atoms with Crippen molar-refractivity contribution in [2.24, 2.45) is 5.16 Å². The SMILES string of the molecule is Cc1ccc(C)c2c1CC/C2=N/O. The molecule has 2 nitrogen and oxygen atoms in total. The summed E-state index contributed by atoms with van der Waals surface area (Å²) in [5, 5.41) is 12.2. The normalized spacial score (nSPS) is 17.8. The van der Waals surface area contributed by atoms with Gasteiger partial charge in [0.25, 0.3) is 0 Å². The summed E-state index contributed by atoms with van der Waals surface area (Å²) < 4.78 is 0. The highest BCUT2D eigenvalue weighted by Gasteiger charge is 2.21. The molecule has 1 aromatic carbocycles. The zero-order chi connectivity index (χ0) is 9.42. The third-order valence-corrected chi connectivity index (χ3v) is 2.78. The van der Waals surface area contributed by atoms with Crippen LogP contribution in [0.25, 0.3) is 0 Å². The van der Waals surface area contributed by atoms with E-state index in [9.17, 15) is 0 Å². The fourth-order valence-corrected chi connectivity index (χ4v) is 2.06. The van der Waals surface area contributed by atoms with Crippen molar-refractivity contribution in [1.82, 2.24) is 0 Å². The molecule has 0 bridgehead atoms. The van der Waals surface area contributed by atoms with E-state index in [1.807, 2.05) is 0 Å². The van der Waals surface area contributed by atoms with E-state index in [-0.39, 0.29) is 0 Å². The zero-order valence-electron chi connectivity index (χ0n) is 7.96. The average Bonchev–Trinajstić information content (AvgIpc) is 2.56. The topological polar surface area (TPSA) is 32.6 Å². The van der Waals surface area contributed by atoms with Gasteiger partial charge in [-0.15, -0.1) is 0 Å². The predicted molar refractivity (Wildman–Crippen MR) is 52.6 cm³/mol. The molecule has 0 heterocycles. The molecule has 0 aromatic heterocycles. The minimum absolute atomic E-state index is 0.844. The van der Waals surface area contributed by atoms with Crippen molar-refractivity contribution in [1.29, 1.82) is 0 Å². The molecule has 0 amide bonds. The van der Waals surface area contributed by atoms with Crippen molar-refractivity contribution in [2.75, 3.05) is 0 Å². The third-order valence-electron chi connectivity index (χ3n) is 2.78. The molecule has 0 saturated carbocycles. The highest BCUT2D eigenvalue weighted by molar-refractivity contribution is 6.05. The van der Waals surface area contributed by atoms with E-state index < -0.39 is 0 Å². The number of aryl methyl sites for hydroxylation is 2. The average molecular weight is 175 g/mol. The number of oxime groups is 1. The van der Waals surface area contributed by atoms with Gasteiger partial charge >= 0.3 is 0 Å². The van der Waals surface area contributed by atoms with Crippen molar-refractivity contribution in [3.8, 4) is 0 Å². The first-order chi connectivity index (χ1) is 6.24. The van der Waals surface area contributed by atoms with Crippen molar-refractivity contribution < 1.29 is 5.21 Å². The van der Waals surface area contributed by atoms with Crippen LogP contribution >= 0.6 is 0 Å². The first-order valence-corrected chi connectivity index (χ1v) is 4.54. The van der Waals surface area contributed by atoms with E-state index in [1.54, 1.807) is 0 Å². The molecule has 1 aliphatic carbocycles. The van der Waals surface area contributed by atoms with E-state index in [0.29, 0.717) is 0 Å². The number of hydrogen-bond acceptors (Lipinski definition) is 2. The van der Waals surface area contributed by atoms with Crippen LogP contribution in [-0.2, 0) is 6.42 Å². The molecular formula is C11H13NO. The van der Waals surface area contributed by atoms with Gasteiger partial charge in [0.1, 0.15) is 0 Å². The molecule has 2 heteroatoms. The fourth-order valence-electron chi connectivity index (χ4n) is 2.06. The highest BCUT2D eigenvalue weighted by atomic mass is 16.4. The monoisotopic (exact) mass is 175 g/mol. The number of fused-ring (bicyclic) bond motifs is 1. The van der Waals surface area contributed by atoms with Crippen LogP contribution < -0.4 is 0 Å². The van der Waals surface area contributed by atoms with Gasteiger partial charge in [-0.3, -0.25) is 0 Å². The Balaban J connectivity index is 2.69. The minimum Gasteiger partial charge on any atom is -0.411 e. The molecule has 1 N–H and O–H groups in total. The summed E-state index contributed by atoms with van der Waals surface area (Å²) >= 11 is 0. The molecule has 0 saturated heterocycles. The highest BCUT2D eigenvalue weighted by Crippen LogP contribution is 2.28. The quantitative estimate of drug-likeness (QED) is 0.476. The molecule has 68 valence electrons. The zero-order valence-corrected chi connectivity index (χ0v) is 7.96. The number of benzene rings is 1. The molecule has 0 fully saturated rings. The van der Waals surface area contributed by atoms with E-state index >= 15 is 0 Å². The lowest BCUT2D eigenvalue weighted by Crippen LogP contribution is -1.98. The Bertz CT molecular complexity index is 380. The molecule has 13 heavy (non-hydrogen) atoms. The third kappa shape index (κ3) is 1.13. The summed E-state index contributed by atoms with van der Waals surface area (Å²) in [4.78, 5) is 0. The van der Waals surface area contributed by atoms with Gasteiger partial charge in [-0.25, -0.2) is 0 Å². The van der Waals surface area contributed by atoms with Gasteiger partial charge in [0, 0.05) is 5.56 Å². The largest absolute Gasteiger partial charge is 0.411 e. The standard InChI is InChI=1S/C11H13NO/c1-7-3-4-8(2)11-9(7)5-6-10(11)12-13/h3-4,13H,5-6H2,1-2H3/b12-10-. The minimum atomic E-state index is 0.844. The lowest BCUT2D eigenvalue weighted by atomic mass is 9.99. The predicted octanol–water partition coefficient (Wildman–Crippen LogP) is 2.43. The second kappa shape index (κ2) is 2.87. The Kier molecular flexibility index (Phi) is 1.83. The molecule has 0 unspecified atom stereocenters. The van der Waals surface area contributed by atoms with Gasteiger partial charge in [-0.2, -0.15) is 0 Å². The van der Waals surface area contributed by atoms with Crippen LogP contribution in [0.5, 0.6) is 0 Å². The van der Waals surface area contributed by atoms with Crippen molar-refractivity contribution in [3.05, 3.63) is 34.4 Å². The fraction of sp³-hybridized carbons (Fsp3) is 0.364. The van der Waals surface area contributed by atoms with Gasteiger partial charge in [-0.05, 0) is 43.4 Å². The maximum absolute atomic E-state index is 8.82. The molecule has 1 aromatic rings. The Morgan fingerprint density at radius 2 is 1.85 bits per heavy atom. The maximum atomic E-state index is 8.82. The van der Waals surface area contributed by atoms with Crippen molar-refractivity contribution in [2.45, 2.75) is 26.7 Å². The summed E-state index contributed by atoms with van der Waals surface area (Å²) in [6.07, 6.45) is 1.89. The maximum Gasteiger partial charge on any atom is 0.0876 e. The summed E-state index contributed by atoms with van der Waals surface area (Å²) in [7, 11) is 0. The summed E-state index contributed by atoms with van der Waals surface area (Å²) in [5.74, 6) is 0. The van der Waals surface area contributed by atoms with Gasteiger partial charge in [0.2, 0.25) is 0 Å². The molecular weight excluding hydrogens is 162 g/mol. The number of hydrogen-bond donors (Lipinski definition) is 1. The first kappa shape index (κ1) is 8.30. The Morgan fingerprint density at radius 1 is 1.15 bits per heavy atom. The Morgan fingerprint density at radius 3 is 2.54 bits per heavy atom. The Labute approximate surface area is 77.9 Å². The summed E-state index contributed by atoms with van der Waals surface area (Å²) in [6, 6.07) is 4.22. The molecule has 0 aliphatic heterocycles. The molecule has 0 spiro atoms. The van der Waals surface area contributed by atoms with Crippen LogP contribution in [0.4, 0.5) is 0 Å². The van der Waals surface area contributed by atoms with Crippen LogP contribution in [-0.4, -0.2) is 10.9 Å². The summed E-state index contributed by atoms with van der Waals surface area (Å²) in [6.45, 7) is 4.17. The smallest absolute Gasteiger partial charge is 0.0876 e. The van der Waals surface area contributed by atoms with E-state index in [2.05, 4.69) is 31.1 Å². The van der Waals surface area contributed by atoms with Crippen LogP contribution in [0.2, 0.25) is 0 Å². The van der Waals surface area contributed by atoms with Gasteiger partial charge < -0.3 is 5.21 Å². The van der Waals surface area contributed by atoms with Gasteiger partial charge in [-0.1, -0.05) is 17.3 Å². The van der Waals surface area contributed by atoms with Crippen LogP contribution in [0.1, 0.15) is 28.7 Å².